The summed E-state index contributed by atoms with van der Waals surface area (Å²) in [4.78, 5) is 23.4. The molecule has 0 saturated heterocycles. The zero-order valence-corrected chi connectivity index (χ0v) is 18.4. The number of carbonyl (C=O) groups excluding carboxylic acids is 1. The van der Waals surface area contributed by atoms with Gasteiger partial charge < -0.3 is 4.90 Å². The first-order valence-electron chi connectivity index (χ1n) is 9.33. The van der Waals surface area contributed by atoms with Crippen LogP contribution in [0.2, 0.25) is 0 Å². The van der Waals surface area contributed by atoms with Gasteiger partial charge in [-0.15, -0.1) is 0 Å². The average Bonchev–Trinajstić information content (AvgIpc) is 2.60. The molecule has 1 amide bonds. The average molecular weight is 386 g/mol. The number of amides is 1. The second kappa shape index (κ2) is 8.87. The van der Waals surface area contributed by atoms with E-state index in [-0.39, 0.29) is 11.3 Å². The maximum Gasteiger partial charge on any atom is 0.222 e. The van der Waals surface area contributed by atoms with Crippen molar-refractivity contribution in [1.29, 1.82) is 0 Å². The Kier molecular flexibility index (Phi) is 7.04. The summed E-state index contributed by atoms with van der Waals surface area (Å²) in [5.74, 6) is 0.141. The monoisotopic (exact) mass is 385 g/mol. The van der Waals surface area contributed by atoms with Gasteiger partial charge in [-0.05, 0) is 48.6 Å². The molecule has 1 aromatic heterocycles. The van der Waals surface area contributed by atoms with Gasteiger partial charge in [-0.3, -0.25) is 4.79 Å². The van der Waals surface area contributed by atoms with Crippen molar-refractivity contribution in [1.82, 2.24) is 14.9 Å². The molecule has 0 bridgehead atoms. The second-order valence-corrected chi connectivity index (χ2v) is 8.83. The lowest BCUT2D eigenvalue weighted by atomic mass is 9.87. The van der Waals surface area contributed by atoms with Gasteiger partial charge in [0.15, 0.2) is 5.16 Å². The lowest BCUT2D eigenvalue weighted by Gasteiger charge is -2.21. The van der Waals surface area contributed by atoms with E-state index in [9.17, 15) is 4.79 Å². The number of aromatic nitrogens is 2. The summed E-state index contributed by atoms with van der Waals surface area (Å²) in [6.45, 7) is 11.2. The van der Waals surface area contributed by atoms with Gasteiger partial charge in [-0.2, -0.15) is 0 Å². The Morgan fingerprint density at radius 1 is 1.07 bits per heavy atom. The van der Waals surface area contributed by atoms with Crippen molar-refractivity contribution >= 4 is 17.7 Å². The van der Waals surface area contributed by atoms with Gasteiger partial charge in [0.1, 0.15) is 0 Å². The zero-order valence-electron chi connectivity index (χ0n) is 17.6. The van der Waals surface area contributed by atoms with Crippen LogP contribution in [0, 0.1) is 13.8 Å². The standard InChI is InChI=1S/C22H31N3OS/c1-15-19(16(2)24-21(23-15)27-7)12-13-20(26)25(6)14-17-8-10-18(11-9-17)22(3,4)5/h8-11H,12-14H2,1-7H3. The molecule has 0 saturated carbocycles. The van der Waals surface area contributed by atoms with Crippen LogP contribution >= 0.6 is 11.8 Å². The normalized spacial score (nSPS) is 11.5. The third-order valence-electron chi connectivity index (χ3n) is 4.84. The number of rotatable bonds is 6. The van der Waals surface area contributed by atoms with Crippen LogP contribution in [0.1, 0.15) is 55.3 Å². The maximum atomic E-state index is 12.6. The highest BCUT2D eigenvalue weighted by molar-refractivity contribution is 7.98. The smallest absolute Gasteiger partial charge is 0.222 e. The lowest BCUT2D eigenvalue weighted by molar-refractivity contribution is -0.130. The number of benzene rings is 1. The van der Waals surface area contributed by atoms with E-state index in [2.05, 4.69) is 55.0 Å². The number of thioether (sulfide) groups is 1. The molecule has 0 unspecified atom stereocenters. The number of nitrogens with zero attached hydrogens (tertiary/aromatic N) is 3. The molecule has 0 N–H and O–H groups in total. The number of carbonyl (C=O) groups is 1. The molecular weight excluding hydrogens is 354 g/mol. The van der Waals surface area contributed by atoms with Crippen molar-refractivity contribution in [3.63, 3.8) is 0 Å². The molecule has 27 heavy (non-hydrogen) atoms. The van der Waals surface area contributed by atoms with Crippen LogP contribution < -0.4 is 0 Å². The summed E-state index contributed by atoms with van der Waals surface area (Å²) < 4.78 is 0. The SMILES string of the molecule is CSc1nc(C)c(CCC(=O)N(C)Cc2ccc(C(C)(C)C)cc2)c(C)n1. The molecule has 1 aromatic carbocycles. The van der Waals surface area contributed by atoms with E-state index in [1.807, 2.05) is 27.2 Å². The summed E-state index contributed by atoms with van der Waals surface area (Å²) in [7, 11) is 1.87. The quantitative estimate of drug-likeness (QED) is 0.534. The molecule has 5 heteroatoms. The van der Waals surface area contributed by atoms with E-state index in [0.717, 1.165) is 27.7 Å². The van der Waals surface area contributed by atoms with Crippen LogP contribution in [0.15, 0.2) is 29.4 Å². The van der Waals surface area contributed by atoms with Crippen molar-refractivity contribution < 1.29 is 4.79 Å². The molecule has 2 rings (SSSR count). The minimum absolute atomic E-state index is 0.141. The van der Waals surface area contributed by atoms with Crippen molar-refractivity contribution in [3.8, 4) is 0 Å². The molecule has 0 aliphatic carbocycles. The summed E-state index contributed by atoms with van der Waals surface area (Å²) in [6, 6.07) is 8.55. The molecule has 0 atom stereocenters. The fourth-order valence-electron chi connectivity index (χ4n) is 3.06. The number of hydrogen-bond acceptors (Lipinski definition) is 4. The molecule has 0 radical (unpaired) electrons. The molecule has 0 aliphatic rings. The third-order valence-corrected chi connectivity index (χ3v) is 5.38. The highest BCUT2D eigenvalue weighted by Crippen LogP contribution is 2.22. The maximum absolute atomic E-state index is 12.6. The first-order chi connectivity index (χ1) is 12.6. The summed E-state index contributed by atoms with van der Waals surface area (Å²) in [5, 5.41) is 0.788. The van der Waals surface area contributed by atoms with E-state index in [0.29, 0.717) is 19.4 Å². The minimum atomic E-state index is 0.141. The fraction of sp³-hybridized carbons (Fsp3) is 0.500. The molecule has 0 aliphatic heterocycles. The van der Waals surface area contributed by atoms with E-state index in [4.69, 9.17) is 0 Å². The van der Waals surface area contributed by atoms with Crippen LogP contribution in [-0.2, 0) is 23.2 Å². The Morgan fingerprint density at radius 3 is 2.11 bits per heavy atom. The van der Waals surface area contributed by atoms with Gasteiger partial charge in [-0.25, -0.2) is 9.97 Å². The zero-order chi connectivity index (χ0) is 20.2. The van der Waals surface area contributed by atoms with Gasteiger partial charge in [0.25, 0.3) is 0 Å². The van der Waals surface area contributed by atoms with Crippen molar-refractivity contribution in [3.05, 3.63) is 52.3 Å². The van der Waals surface area contributed by atoms with Crippen molar-refractivity contribution in [2.45, 2.75) is 64.6 Å². The molecule has 4 nitrogen and oxygen atoms in total. The fourth-order valence-corrected chi connectivity index (χ4v) is 3.51. The second-order valence-electron chi connectivity index (χ2n) is 8.06. The highest BCUT2D eigenvalue weighted by atomic mass is 32.2. The van der Waals surface area contributed by atoms with Crippen LogP contribution in [0.4, 0.5) is 0 Å². The molecular formula is C22H31N3OS. The van der Waals surface area contributed by atoms with E-state index in [1.165, 1.54) is 5.56 Å². The van der Waals surface area contributed by atoms with Gasteiger partial charge in [-0.1, -0.05) is 56.8 Å². The first-order valence-corrected chi connectivity index (χ1v) is 10.6. The van der Waals surface area contributed by atoms with E-state index < -0.39 is 0 Å². The molecule has 2 aromatic rings. The van der Waals surface area contributed by atoms with Crippen molar-refractivity contribution in [2.75, 3.05) is 13.3 Å². The van der Waals surface area contributed by atoms with Gasteiger partial charge in [0.2, 0.25) is 5.91 Å². The highest BCUT2D eigenvalue weighted by Gasteiger charge is 2.15. The van der Waals surface area contributed by atoms with Crippen LogP contribution in [0.3, 0.4) is 0 Å². The number of aryl methyl sites for hydroxylation is 2. The third kappa shape index (κ3) is 5.80. The molecule has 1 heterocycles. The van der Waals surface area contributed by atoms with Crippen molar-refractivity contribution in [2.24, 2.45) is 0 Å². The van der Waals surface area contributed by atoms with Gasteiger partial charge in [0, 0.05) is 31.4 Å². The lowest BCUT2D eigenvalue weighted by Crippen LogP contribution is -2.26. The number of hydrogen-bond donors (Lipinski definition) is 0. The first kappa shape index (κ1) is 21.4. The molecule has 0 spiro atoms. The molecule has 146 valence electrons. The van der Waals surface area contributed by atoms with Crippen LogP contribution in [-0.4, -0.2) is 34.1 Å². The Morgan fingerprint density at radius 2 is 1.63 bits per heavy atom. The summed E-state index contributed by atoms with van der Waals surface area (Å²) in [5.41, 5.74) is 5.63. The summed E-state index contributed by atoms with van der Waals surface area (Å²) in [6.07, 6.45) is 3.12. The van der Waals surface area contributed by atoms with E-state index in [1.54, 1.807) is 16.7 Å². The predicted octanol–water partition coefficient (Wildman–Crippen LogP) is 4.70. The summed E-state index contributed by atoms with van der Waals surface area (Å²) >= 11 is 1.54. The molecule has 0 fully saturated rings. The topological polar surface area (TPSA) is 46.1 Å². The van der Waals surface area contributed by atoms with Gasteiger partial charge in [0.05, 0.1) is 0 Å². The predicted molar refractivity (Wildman–Crippen MR) is 113 cm³/mol. The Bertz CT molecular complexity index is 771. The van der Waals surface area contributed by atoms with Crippen LogP contribution in [0.25, 0.3) is 0 Å². The van der Waals surface area contributed by atoms with E-state index >= 15 is 0 Å². The van der Waals surface area contributed by atoms with Crippen LogP contribution in [0.5, 0.6) is 0 Å². The minimum Gasteiger partial charge on any atom is -0.341 e. The van der Waals surface area contributed by atoms with Gasteiger partial charge >= 0.3 is 0 Å². The largest absolute Gasteiger partial charge is 0.341 e. The Labute approximate surface area is 167 Å². The Hall–Kier alpha value is -1.88. The Balaban J connectivity index is 1.96.